The van der Waals surface area contributed by atoms with Crippen LogP contribution in [0.25, 0.3) is 10.2 Å². The number of nitrogens with zero attached hydrogens (tertiary/aromatic N) is 1. The van der Waals surface area contributed by atoms with E-state index in [2.05, 4.69) is 23.2 Å². The van der Waals surface area contributed by atoms with E-state index < -0.39 is 0 Å². The molecule has 2 aromatic rings. The van der Waals surface area contributed by atoms with Gasteiger partial charge in [-0.25, -0.2) is 4.98 Å². The van der Waals surface area contributed by atoms with Crippen LogP contribution in [0.2, 0.25) is 0 Å². The average molecular weight is 269 g/mol. The molecular formula is C17H19NS. The van der Waals surface area contributed by atoms with E-state index in [-0.39, 0.29) is 0 Å². The van der Waals surface area contributed by atoms with Crippen molar-refractivity contribution in [3.63, 3.8) is 0 Å². The smallest absolute Gasteiger partial charge is 0.0812 e. The first-order valence-electron chi connectivity index (χ1n) is 7.64. The number of rotatable bonds is 1. The fraction of sp³-hybridized carbons (Fsp3) is 0.588. The number of thiazole rings is 1. The molecular weight excluding hydrogens is 250 g/mol. The van der Waals surface area contributed by atoms with Crippen LogP contribution in [0.5, 0.6) is 0 Å². The zero-order valence-electron chi connectivity index (χ0n) is 11.1. The summed E-state index contributed by atoms with van der Waals surface area (Å²) in [6, 6.07) is 7.09. The Morgan fingerprint density at radius 1 is 1.00 bits per heavy atom. The lowest BCUT2D eigenvalue weighted by Crippen LogP contribution is -2.48. The predicted molar refractivity (Wildman–Crippen MR) is 79.5 cm³/mol. The van der Waals surface area contributed by atoms with Crippen molar-refractivity contribution in [1.82, 2.24) is 4.98 Å². The van der Waals surface area contributed by atoms with Gasteiger partial charge in [0.05, 0.1) is 15.7 Å². The quantitative estimate of drug-likeness (QED) is 0.727. The fourth-order valence-corrected chi connectivity index (χ4v) is 6.37. The number of hydrogen-bond donors (Lipinski definition) is 0. The summed E-state index contributed by atoms with van der Waals surface area (Å²) in [5.41, 5.74) is 5.32. The van der Waals surface area contributed by atoms with Gasteiger partial charge in [-0.15, -0.1) is 11.3 Å². The Morgan fingerprint density at radius 3 is 2.37 bits per heavy atom. The van der Waals surface area contributed by atoms with Crippen LogP contribution in [0.15, 0.2) is 23.7 Å². The van der Waals surface area contributed by atoms with Gasteiger partial charge in [0.15, 0.2) is 0 Å². The highest BCUT2D eigenvalue weighted by Crippen LogP contribution is 2.60. The highest BCUT2D eigenvalue weighted by Gasteiger charge is 2.51. The third-order valence-corrected chi connectivity index (χ3v) is 6.77. The van der Waals surface area contributed by atoms with Crippen molar-refractivity contribution in [3.8, 4) is 0 Å². The first kappa shape index (κ1) is 10.8. The lowest BCUT2D eigenvalue weighted by molar-refractivity contribution is -0.00512. The van der Waals surface area contributed by atoms with E-state index in [1.807, 2.05) is 5.51 Å². The molecule has 6 rings (SSSR count). The van der Waals surface area contributed by atoms with Gasteiger partial charge in [0.1, 0.15) is 0 Å². The van der Waals surface area contributed by atoms with Crippen LogP contribution in [0.4, 0.5) is 0 Å². The summed E-state index contributed by atoms with van der Waals surface area (Å²) in [6.45, 7) is 0. The Morgan fingerprint density at radius 2 is 1.68 bits per heavy atom. The summed E-state index contributed by atoms with van der Waals surface area (Å²) in [6.07, 6.45) is 8.97. The molecule has 0 spiro atoms. The third-order valence-electron chi connectivity index (χ3n) is 5.98. The Hall–Kier alpha value is -0.890. The molecule has 4 saturated carbocycles. The summed E-state index contributed by atoms with van der Waals surface area (Å²) in [5.74, 6) is 3.09. The monoisotopic (exact) mass is 269 g/mol. The van der Waals surface area contributed by atoms with Crippen LogP contribution in [0, 0.1) is 17.8 Å². The SMILES string of the molecule is c1nc2ccc(C34CC5CC(CC(C5)C3)C4)cc2s1. The number of aromatic nitrogens is 1. The molecule has 0 aliphatic heterocycles. The molecule has 4 bridgehead atoms. The molecule has 1 heterocycles. The number of hydrogen-bond acceptors (Lipinski definition) is 2. The maximum Gasteiger partial charge on any atom is 0.0812 e. The van der Waals surface area contributed by atoms with Crippen molar-refractivity contribution < 1.29 is 0 Å². The van der Waals surface area contributed by atoms with Crippen LogP contribution >= 0.6 is 11.3 Å². The van der Waals surface area contributed by atoms with Crippen molar-refractivity contribution in [2.75, 3.05) is 0 Å². The Bertz CT molecular complexity index is 606. The largest absolute Gasteiger partial charge is 0.245 e. The second kappa shape index (κ2) is 3.60. The molecule has 2 heteroatoms. The van der Waals surface area contributed by atoms with E-state index in [1.54, 1.807) is 16.9 Å². The van der Waals surface area contributed by atoms with Crippen LogP contribution in [0.1, 0.15) is 44.1 Å². The Balaban J connectivity index is 1.64. The minimum atomic E-state index is 0.535. The van der Waals surface area contributed by atoms with Crippen LogP contribution in [-0.4, -0.2) is 4.98 Å². The van der Waals surface area contributed by atoms with Gasteiger partial charge in [-0.2, -0.15) is 0 Å². The first-order valence-corrected chi connectivity index (χ1v) is 8.52. The molecule has 1 nitrogen and oxygen atoms in total. The van der Waals surface area contributed by atoms with Gasteiger partial charge in [-0.05, 0) is 79.4 Å². The van der Waals surface area contributed by atoms with Gasteiger partial charge in [-0.3, -0.25) is 0 Å². The van der Waals surface area contributed by atoms with E-state index in [0.717, 1.165) is 17.8 Å². The molecule has 0 unspecified atom stereocenters. The van der Waals surface area contributed by atoms with Gasteiger partial charge in [0.25, 0.3) is 0 Å². The van der Waals surface area contributed by atoms with Crippen LogP contribution in [0.3, 0.4) is 0 Å². The predicted octanol–water partition coefficient (Wildman–Crippen LogP) is 4.76. The molecule has 0 radical (unpaired) electrons. The molecule has 0 N–H and O–H groups in total. The topological polar surface area (TPSA) is 12.9 Å². The van der Waals surface area contributed by atoms with E-state index in [1.165, 1.54) is 48.7 Å². The number of benzene rings is 1. The van der Waals surface area contributed by atoms with Crippen molar-refractivity contribution in [1.29, 1.82) is 0 Å². The Labute approximate surface area is 118 Å². The van der Waals surface area contributed by atoms with Gasteiger partial charge >= 0.3 is 0 Å². The third kappa shape index (κ3) is 1.50. The molecule has 0 amide bonds. The molecule has 1 aromatic heterocycles. The van der Waals surface area contributed by atoms with Crippen molar-refractivity contribution in [2.24, 2.45) is 17.8 Å². The maximum absolute atomic E-state index is 4.42. The van der Waals surface area contributed by atoms with E-state index in [0.29, 0.717) is 5.41 Å². The lowest BCUT2D eigenvalue weighted by atomic mass is 9.48. The molecule has 1 aromatic carbocycles. The van der Waals surface area contributed by atoms with Gasteiger partial charge in [-0.1, -0.05) is 6.07 Å². The van der Waals surface area contributed by atoms with Crippen LogP contribution < -0.4 is 0 Å². The zero-order chi connectivity index (χ0) is 12.4. The summed E-state index contributed by atoms with van der Waals surface area (Å²) in [5, 5.41) is 0. The minimum Gasteiger partial charge on any atom is -0.245 e. The highest BCUT2D eigenvalue weighted by molar-refractivity contribution is 7.16. The fourth-order valence-electron chi connectivity index (χ4n) is 5.65. The van der Waals surface area contributed by atoms with Crippen molar-refractivity contribution >= 4 is 21.6 Å². The summed E-state index contributed by atoms with van der Waals surface area (Å²) in [7, 11) is 0. The van der Waals surface area contributed by atoms with Crippen molar-refractivity contribution in [2.45, 2.75) is 43.9 Å². The molecule has 4 fully saturated rings. The zero-order valence-corrected chi connectivity index (χ0v) is 12.0. The Kier molecular flexibility index (Phi) is 2.06. The molecule has 4 aliphatic rings. The van der Waals surface area contributed by atoms with Crippen molar-refractivity contribution in [3.05, 3.63) is 29.3 Å². The first-order chi connectivity index (χ1) is 9.31. The second-order valence-electron chi connectivity index (χ2n) is 7.23. The average Bonchev–Trinajstić information content (AvgIpc) is 2.84. The summed E-state index contributed by atoms with van der Waals surface area (Å²) >= 11 is 1.79. The standard InChI is InChI=1S/C17H19NS/c1-2-15-16(19-10-18-15)6-14(1)17-7-11-3-12(8-17)5-13(4-11)9-17/h1-2,6,10-13H,3-5,7-9H2. The van der Waals surface area contributed by atoms with Gasteiger partial charge < -0.3 is 0 Å². The second-order valence-corrected chi connectivity index (χ2v) is 8.12. The summed E-state index contributed by atoms with van der Waals surface area (Å²) in [4.78, 5) is 4.42. The molecule has 98 valence electrons. The van der Waals surface area contributed by atoms with Gasteiger partial charge in [0.2, 0.25) is 0 Å². The number of fused-ring (bicyclic) bond motifs is 1. The van der Waals surface area contributed by atoms with Crippen LogP contribution in [-0.2, 0) is 5.41 Å². The minimum absolute atomic E-state index is 0.535. The van der Waals surface area contributed by atoms with E-state index in [4.69, 9.17) is 0 Å². The molecule has 19 heavy (non-hydrogen) atoms. The molecule has 4 aliphatic carbocycles. The summed E-state index contributed by atoms with van der Waals surface area (Å²) < 4.78 is 1.38. The van der Waals surface area contributed by atoms with E-state index in [9.17, 15) is 0 Å². The normalized spacial score (nSPS) is 40.1. The molecule has 0 atom stereocenters. The lowest BCUT2D eigenvalue weighted by Gasteiger charge is -2.57. The molecule has 0 saturated heterocycles. The maximum atomic E-state index is 4.42. The highest BCUT2D eigenvalue weighted by atomic mass is 32.1. The van der Waals surface area contributed by atoms with Gasteiger partial charge in [0, 0.05) is 0 Å². The van der Waals surface area contributed by atoms with E-state index >= 15 is 0 Å².